The summed E-state index contributed by atoms with van der Waals surface area (Å²) in [5.41, 5.74) is 1.31. The number of methoxy groups -OCH3 is 1. The smallest absolute Gasteiger partial charge is 0.0951 e. The molecule has 1 N–H and O–H groups in total. The summed E-state index contributed by atoms with van der Waals surface area (Å²) in [5.74, 6) is 0.820. The minimum absolute atomic E-state index is 0.653. The highest BCUT2D eigenvalue weighted by atomic mass is 16.5. The molecule has 4 nitrogen and oxygen atoms in total. The third-order valence-electron chi connectivity index (χ3n) is 4.29. The van der Waals surface area contributed by atoms with Crippen molar-refractivity contribution in [2.45, 2.75) is 51.6 Å². The van der Waals surface area contributed by atoms with Gasteiger partial charge in [-0.25, -0.2) is 4.98 Å². The van der Waals surface area contributed by atoms with Crippen molar-refractivity contribution in [2.24, 2.45) is 5.92 Å². The lowest BCUT2D eigenvalue weighted by atomic mass is 9.82. The van der Waals surface area contributed by atoms with E-state index >= 15 is 0 Å². The molecule has 2 rings (SSSR count). The Morgan fingerprint density at radius 3 is 3.05 bits per heavy atom. The van der Waals surface area contributed by atoms with Crippen LogP contribution in [0.3, 0.4) is 0 Å². The zero-order valence-electron chi connectivity index (χ0n) is 12.3. The molecule has 1 aliphatic carbocycles. The van der Waals surface area contributed by atoms with E-state index in [1.807, 2.05) is 12.5 Å². The zero-order valence-corrected chi connectivity index (χ0v) is 12.3. The summed E-state index contributed by atoms with van der Waals surface area (Å²) < 4.78 is 7.47. The van der Waals surface area contributed by atoms with Gasteiger partial charge in [0, 0.05) is 32.4 Å². The van der Waals surface area contributed by atoms with Crippen molar-refractivity contribution in [3.05, 3.63) is 18.2 Å². The van der Waals surface area contributed by atoms with E-state index in [1.54, 1.807) is 7.11 Å². The molecular formula is C15H27N3O. The van der Waals surface area contributed by atoms with E-state index in [2.05, 4.69) is 21.8 Å². The van der Waals surface area contributed by atoms with E-state index in [9.17, 15) is 0 Å². The second kappa shape index (κ2) is 7.65. The van der Waals surface area contributed by atoms with E-state index < -0.39 is 0 Å². The minimum atomic E-state index is 0.653. The normalized spacial score (nSPS) is 23.7. The molecule has 108 valence electrons. The first-order valence-electron chi connectivity index (χ1n) is 7.57. The summed E-state index contributed by atoms with van der Waals surface area (Å²) in [6.07, 6.45) is 10.7. The van der Waals surface area contributed by atoms with Gasteiger partial charge in [0.15, 0.2) is 0 Å². The molecule has 0 bridgehead atoms. The molecule has 0 amide bonds. The summed E-state index contributed by atoms with van der Waals surface area (Å²) in [5, 5.41) is 3.42. The van der Waals surface area contributed by atoms with Crippen molar-refractivity contribution in [3.63, 3.8) is 0 Å². The molecule has 1 fully saturated rings. The minimum Gasteiger partial charge on any atom is -0.383 e. The van der Waals surface area contributed by atoms with Crippen molar-refractivity contribution in [2.75, 3.05) is 20.3 Å². The fraction of sp³-hybridized carbons (Fsp3) is 0.800. The summed E-state index contributed by atoms with van der Waals surface area (Å²) in [4.78, 5) is 4.36. The van der Waals surface area contributed by atoms with Crippen LogP contribution in [0.1, 0.15) is 50.8 Å². The lowest BCUT2D eigenvalue weighted by molar-refractivity contribution is 0.198. The van der Waals surface area contributed by atoms with Crippen LogP contribution >= 0.6 is 0 Å². The Hall–Kier alpha value is -0.870. The number of imidazole rings is 1. The molecule has 1 saturated carbocycles. The Labute approximate surface area is 116 Å². The maximum absolute atomic E-state index is 5.06. The van der Waals surface area contributed by atoms with Crippen molar-refractivity contribution in [3.8, 4) is 0 Å². The van der Waals surface area contributed by atoms with Crippen LogP contribution in [0.15, 0.2) is 12.5 Å². The zero-order chi connectivity index (χ0) is 13.5. The molecule has 1 aromatic heterocycles. The number of rotatable bonds is 7. The lowest BCUT2D eigenvalue weighted by Gasteiger charge is -2.33. The number of nitrogens with one attached hydrogen (secondary N) is 1. The van der Waals surface area contributed by atoms with Gasteiger partial charge in [-0.3, -0.25) is 0 Å². The van der Waals surface area contributed by atoms with Gasteiger partial charge in [0.05, 0.1) is 18.6 Å². The average molecular weight is 265 g/mol. The van der Waals surface area contributed by atoms with Crippen LogP contribution in [-0.4, -0.2) is 29.8 Å². The van der Waals surface area contributed by atoms with Gasteiger partial charge >= 0.3 is 0 Å². The fourth-order valence-corrected chi connectivity index (χ4v) is 3.19. The third-order valence-corrected chi connectivity index (χ3v) is 4.29. The first-order valence-corrected chi connectivity index (χ1v) is 7.57. The molecule has 1 heterocycles. The van der Waals surface area contributed by atoms with E-state index in [0.29, 0.717) is 6.04 Å². The first-order chi connectivity index (χ1) is 9.36. The Morgan fingerprint density at radius 2 is 2.26 bits per heavy atom. The molecule has 2 unspecified atom stereocenters. The predicted molar refractivity (Wildman–Crippen MR) is 77.1 cm³/mol. The van der Waals surface area contributed by atoms with Gasteiger partial charge in [-0.1, -0.05) is 26.2 Å². The van der Waals surface area contributed by atoms with Gasteiger partial charge in [0.25, 0.3) is 0 Å². The third kappa shape index (κ3) is 3.80. The van der Waals surface area contributed by atoms with Gasteiger partial charge in [0.2, 0.25) is 0 Å². The SMILES string of the molecule is CCC1CCCCC1n1cncc1CNCCOC. The fourth-order valence-electron chi connectivity index (χ4n) is 3.19. The summed E-state index contributed by atoms with van der Waals surface area (Å²) in [7, 11) is 1.74. The highest BCUT2D eigenvalue weighted by Gasteiger charge is 2.26. The molecule has 0 saturated heterocycles. The highest BCUT2D eigenvalue weighted by Crippen LogP contribution is 2.36. The molecule has 1 aromatic rings. The average Bonchev–Trinajstić information content (AvgIpc) is 2.92. The van der Waals surface area contributed by atoms with Crippen molar-refractivity contribution in [1.29, 1.82) is 0 Å². The number of aromatic nitrogens is 2. The number of nitrogens with zero attached hydrogens (tertiary/aromatic N) is 2. The molecule has 0 aromatic carbocycles. The first kappa shape index (κ1) is 14.5. The Kier molecular flexibility index (Phi) is 5.86. The van der Waals surface area contributed by atoms with Crippen LogP contribution < -0.4 is 5.32 Å². The van der Waals surface area contributed by atoms with Crippen molar-refractivity contribution in [1.82, 2.24) is 14.9 Å². The van der Waals surface area contributed by atoms with Crippen LogP contribution in [0.4, 0.5) is 0 Å². The van der Waals surface area contributed by atoms with Gasteiger partial charge in [0.1, 0.15) is 0 Å². The molecule has 0 radical (unpaired) electrons. The van der Waals surface area contributed by atoms with Crippen LogP contribution in [0.5, 0.6) is 0 Å². The van der Waals surface area contributed by atoms with Gasteiger partial charge in [-0.05, 0) is 18.8 Å². The van der Waals surface area contributed by atoms with Crippen LogP contribution in [0.2, 0.25) is 0 Å². The van der Waals surface area contributed by atoms with Crippen LogP contribution in [0, 0.1) is 5.92 Å². The number of hydrogen-bond donors (Lipinski definition) is 1. The van der Waals surface area contributed by atoms with Gasteiger partial charge in [-0.2, -0.15) is 0 Å². The predicted octanol–water partition coefficient (Wildman–Crippen LogP) is 2.76. The monoisotopic (exact) mass is 265 g/mol. The Bertz CT molecular complexity index is 364. The van der Waals surface area contributed by atoms with E-state index in [-0.39, 0.29) is 0 Å². The Morgan fingerprint density at radius 1 is 1.42 bits per heavy atom. The highest BCUT2D eigenvalue weighted by molar-refractivity contribution is 5.01. The molecule has 1 aliphatic rings. The standard InChI is InChI=1S/C15H27N3O/c1-3-13-6-4-5-7-15(13)18-12-17-11-14(18)10-16-8-9-19-2/h11-13,15-16H,3-10H2,1-2H3. The Balaban J connectivity index is 1.97. The summed E-state index contributed by atoms with van der Waals surface area (Å²) >= 11 is 0. The molecule has 0 spiro atoms. The largest absolute Gasteiger partial charge is 0.383 e. The quantitative estimate of drug-likeness (QED) is 0.771. The lowest BCUT2D eigenvalue weighted by Crippen LogP contribution is -2.26. The van der Waals surface area contributed by atoms with E-state index in [0.717, 1.165) is 25.6 Å². The topological polar surface area (TPSA) is 39.1 Å². The van der Waals surface area contributed by atoms with Crippen LogP contribution in [0.25, 0.3) is 0 Å². The second-order valence-corrected chi connectivity index (χ2v) is 5.48. The molecule has 4 heteroatoms. The maximum Gasteiger partial charge on any atom is 0.0951 e. The van der Waals surface area contributed by atoms with Crippen LogP contribution in [-0.2, 0) is 11.3 Å². The number of hydrogen-bond acceptors (Lipinski definition) is 3. The second-order valence-electron chi connectivity index (χ2n) is 5.48. The summed E-state index contributed by atoms with van der Waals surface area (Å²) in [6.45, 7) is 4.85. The number of ether oxygens (including phenoxy) is 1. The van der Waals surface area contributed by atoms with E-state index in [4.69, 9.17) is 4.74 Å². The van der Waals surface area contributed by atoms with Crippen molar-refractivity contribution < 1.29 is 4.74 Å². The summed E-state index contributed by atoms with van der Waals surface area (Å²) in [6, 6.07) is 0.653. The van der Waals surface area contributed by atoms with Gasteiger partial charge < -0.3 is 14.6 Å². The maximum atomic E-state index is 5.06. The molecule has 19 heavy (non-hydrogen) atoms. The van der Waals surface area contributed by atoms with Gasteiger partial charge in [-0.15, -0.1) is 0 Å². The van der Waals surface area contributed by atoms with Crippen molar-refractivity contribution >= 4 is 0 Å². The molecule has 0 aliphatic heterocycles. The van der Waals surface area contributed by atoms with E-state index in [1.165, 1.54) is 37.8 Å². The molecule has 2 atom stereocenters. The molecular weight excluding hydrogens is 238 g/mol.